The van der Waals surface area contributed by atoms with Gasteiger partial charge in [-0.2, -0.15) is 24.5 Å². The lowest BCUT2D eigenvalue weighted by Crippen LogP contribution is -2.54. The Morgan fingerprint density at radius 3 is 2.75 bits per heavy atom. The molecule has 110 valence electrons. The Kier molecular flexibility index (Phi) is 4.32. The molecule has 1 aromatic heterocycles. The van der Waals surface area contributed by atoms with Crippen LogP contribution in [-0.2, 0) is 16.1 Å². The van der Waals surface area contributed by atoms with Gasteiger partial charge in [-0.05, 0) is 35.2 Å². The third-order valence-electron chi connectivity index (χ3n) is 3.14. The van der Waals surface area contributed by atoms with Crippen molar-refractivity contribution < 1.29 is 22.8 Å². The van der Waals surface area contributed by atoms with Crippen LogP contribution in [-0.4, -0.2) is 24.0 Å². The fourth-order valence-electron chi connectivity index (χ4n) is 2.01. The normalized spacial score (nSPS) is 23.2. The molecule has 1 aliphatic rings. The topological polar surface area (TPSA) is 58.2 Å². The Morgan fingerprint density at radius 1 is 1.45 bits per heavy atom. The van der Waals surface area contributed by atoms with E-state index in [0.717, 1.165) is 5.56 Å². The zero-order valence-corrected chi connectivity index (χ0v) is 11.2. The van der Waals surface area contributed by atoms with Gasteiger partial charge in [0.1, 0.15) is 12.0 Å². The first-order valence-electron chi connectivity index (χ1n) is 6.04. The van der Waals surface area contributed by atoms with Crippen molar-refractivity contribution in [2.45, 2.75) is 31.6 Å². The molecule has 1 saturated heterocycles. The molecule has 0 spiro atoms. The molecule has 0 saturated carbocycles. The summed E-state index contributed by atoms with van der Waals surface area (Å²) in [6.45, 7) is 0.273. The molecule has 2 heterocycles. The highest BCUT2D eigenvalue weighted by Crippen LogP contribution is 2.28. The second-order valence-electron chi connectivity index (χ2n) is 4.58. The first-order valence-corrected chi connectivity index (χ1v) is 6.98. The molecule has 8 heteroatoms. The lowest BCUT2D eigenvalue weighted by Gasteiger charge is -2.29. The summed E-state index contributed by atoms with van der Waals surface area (Å²) in [6, 6.07) is -0.0260. The Hall–Kier alpha value is -1.57. The van der Waals surface area contributed by atoms with Gasteiger partial charge in [0.2, 0.25) is 11.8 Å². The number of amides is 2. The van der Waals surface area contributed by atoms with Crippen LogP contribution in [0.5, 0.6) is 0 Å². The number of alkyl halides is 3. The molecule has 0 aromatic carbocycles. The summed E-state index contributed by atoms with van der Waals surface area (Å²) in [7, 11) is 0. The van der Waals surface area contributed by atoms with E-state index >= 15 is 0 Å². The summed E-state index contributed by atoms with van der Waals surface area (Å²) in [5.74, 6) is -2.44. The fourth-order valence-corrected chi connectivity index (χ4v) is 2.68. The van der Waals surface area contributed by atoms with Crippen molar-refractivity contribution in [1.29, 1.82) is 0 Å². The molecule has 0 radical (unpaired) electrons. The minimum absolute atomic E-state index is 0.0918. The average molecular weight is 306 g/mol. The SMILES string of the molecule is O=C(NCc1ccsc1)[C@@H]1CC[C@@H](C(F)(F)F)NC1=O. The molecule has 1 aromatic rings. The van der Waals surface area contributed by atoms with E-state index in [1.54, 1.807) is 0 Å². The highest BCUT2D eigenvalue weighted by Gasteiger charge is 2.45. The average Bonchev–Trinajstić information content (AvgIpc) is 2.87. The number of carbonyl (C=O) groups excluding carboxylic acids is 2. The summed E-state index contributed by atoms with van der Waals surface area (Å²) in [6.07, 6.45) is -4.83. The van der Waals surface area contributed by atoms with E-state index in [9.17, 15) is 22.8 Å². The highest BCUT2D eigenvalue weighted by molar-refractivity contribution is 7.07. The maximum atomic E-state index is 12.5. The van der Waals surface area contributed by atoms with Gasteiger partial charge in [0.25, 0.3) is 0 Å². The summed E-state index contributed by atoms with van der Waals surface area (Å²) >= 11 is 1.47. The number of thiophene rings is 1. The van der Waals surface area contributed by atoms with Crippen LogP contribution < -0.4 is 10.6 Å². The maximum absolute atomic E-state index is 12.5. The fraction of sp³-hybridized carbons (Fsp3) is 0.500. The van der Waals surface area contributed by atoms with Crippen LogP contribution in [0.25, 0.3) is 0 Å². The van der Waals surface area contributed by atoms with Crippen LogP contribution in [0.4, 0.5) is 13.2 Å². The smallest absolute Gasteiger partial charge is 0.351 e. The molecule has 0 aliphatic carbocycles. The molecule has 2 atom stereocenters. The number of rotatable bonds is 3. The minimum Gasteiger partial charge on any atom is -0.351 e. The zero-order chi connectivity index (χ0) is 14.8. The van der Waals surface area contributed by atoms with Crippen LogP contribution >= 0.6 is 11.3 Å². The molecule has 2 amide bonds. The van der Waals surface area contributed by atoms with Gasteiger partial charge in [-0.3, -0.25) is 9.59 Å². The van der Waals surface area contributed by atoms with Crippen molar-refractivity contribution in [3.05, 3.63) is 22.4 Å². The molecule has 2 rings (SSSR count). The number of hydrogen-bond donors (Lipinski definition) is 2. The highest BCUT2D eigenvalue weighted by atomic mass is 32.1. The number of piperidine rings is 1. The van der Waals surface area contributed by atoms with E-state index in [1.165, 1.54) is 11.3 Å². The van der Waals surface area contributed by atoms with Crippen LogP contribution in [0.15, 0.2) is 16.8 Å². The predicted octanol–water partition coefficient (Wildman–Crippen LogP) is 1.82. The van der Waals surface area contributed by atoms with Gasteiger partial charge in [0.05, 0.1) is 0 Å². The number of carbonyl (C=O) groups is 2. The summed E-state index contributed by atoms with van der Waals surface area (Å²) in [5.41, 5.74) is 0.896. The lowest BCUT2D eigenvalue weighted by atomic mass is 9.93. The molecule has 1 aliphatic heterocycles. The van der Waals surface area contributed by atoms with Gasteiger partial charge in [0, 0.05) is 6.54 Å². The van der Waals surface area contributed by atoms with Crippen LogP contribution in [0.2, 0.25) is 0 Å². The summed E-state index contributed by atoms with van der Waals surface area (Å²) < 4.78 is 37.4. The zero-order valence-electron chi connectivity index (χ0n) is 10.4. The van der Waals surface area contributed by atoms with E-state index in [2.05, 4.69) is 5.32 Å². The monoisotopic (exact) mass is 306 g/mol. The van der Waals surface area contributed by atoms with Gasteiger partial charge < -0.3 is 10.6 Å². The van der Waals surface area contributed by atoms with Crippen LogP contribution in [0.1, 0.15) is 18.4 Å². The summed E-state index contributed by atoms with van der Waals surface area (Å²) in [4.78, 5) is 23.4. The molecular weight excluding hydrogens is 293 g/mol. The number of hydrogen-bond acceptors (Lipinski definition) is 3. The van der Waals surface area contributed by atoms with Gasteiger partial charge >= 0.3 is 6.18 Å². The van der Waals surface area contributed by atoms with E-state index in [4.69, 9.17) is 0 Å². The van der Waals surface area contributed by atoms with Crippen LogP contribution in [0, 0.1) is 5.92 Å². The van der Waals surface area contributed by atoms with Gasteiger partial charge in [0.15, 0.2) is 0 Å². The molecule has 4 nitrogen and oxygen atoms in total. The molecule has 2 N–H and O–H groups in total. The predicted molar refractivity (Wildman–Crippen MR) is 66.9 cm³/mol. The maximum Gasteiger partial charge on any atom is 0.408 e. The third-order valence-corrected chi connectivity index (χ3v) is 3.87. The minimum atomic E-state index is -4.46. The molecule has 20 heavy (non-hydrogen) atoms. The Morgan fingerprint density at radius 2 is 2.20 bits per heavy atom. The van der Waals surface area contributed by atoms with E-state index in [-0.39, 0.29) is 19.4 Å². The quantitative estimate of drug-likeness (QED) is 0.837. The van der Waals surface area contributed by atoms with E-state index in [1.807, 2.05) is 22.1 Å². The van der Waals surface area contributed by atoms with Crippen molar-refractivity contribution in [1.82, 2.24) is 10.6 Å². The van der Waals surface area contributed by atoms with Crippen molar-refractivity contribution in [3.63, 3.8) is 0 Å². The molecule has 0 unspecified atom stereocenters. The summed E-state index contributed by atoms with van der Waals surface area (Å²) in [5, 5.41) is 8.12. The Bertz CT molecular complexity index is 487. The van der Waals surface area contributed by atoms with E-state index in [0.29, 0.717) is 0 Å². The second kappa shape index (κ2) is 5.82. The largest absolute Gasteiger partial charge is 0.408 e. The van der Waals surface area contributed by atoms with Gasteiger partial charge in [-0.25, -0.2) is 0 Å². The second-order valence-corrected chi connectivity index (χ2v) is 5.36. The Labute approximate surface area is 117 Å². The molecule has 1 fully saturated rings. The van der Waals surface area contributed by atoms with Crippen LogP contribution in [0.3, 0.4) is 0 Å². The van der Waals surface area contributed by atoms with Crippen molar-refractivity contribution >= 4 is 23.2 Å². The molecule has 0 bridgehead atoms. The third kappa shape index (κ3) is 3.50. The first-order chi connectivity index (χ1) is 9.38. The first kappa shape index (κ1) is 14.8. The standard InChI is InChI=1S/C12H13F3N2O2S/c13-12(14,15)9-2-1-8(11(19)17-9)10(18)16-5-7-3-4-20-6-7/h3-4,6,8-9H,1-2,5H2,(H,16,18)(H,17,19)/t8-,9-/m0/s1. The van der Waals surface area contributed by atoms with E-state index < -0.39 is 30.0 Å². The molecular formula is C12H13F3N2O2S. The number of halogens is 3. The van der Waals surface area contributed by atoms with Gasteiger partial charge in [-0.15, -0.1) is 0 Å². The lowest BCUT2D eigenvalue weighted by molar-refractivity contribution is -0.171. The van der Waals surface area contributed by atoms with Crippen molar-refractivity contribution in [2.75, 3.05) is 0 Å². The Balaban J connectivity index is 1.87. The van der Waals surface area contributed by atoms with Crippen molar-refractivity contribution in [2.24, 2.45) is 5.92 Å². The van der Waals surface area contributed by atoms with Crippen molar-refractivity contribution in [3.8, 4) is 0 Å². The number of nitrogens with one attached hydrogen (secondary N) is 2. The van der Waals surface area contributed by atoms with Gasteiger partial charge in [-0.1, -0.05) is 0 Å².